The van der Waals surface area contributed by atoms with Gasteiger partial charge in [-0.25, -0.2) is 0 Å². The number of nitrogens with one attached hydrogen (secondary N) is 2. The molecule has 0 aliphatic carbocycles. The van der Waals surface area contributed by atoms with Crippen LogP contribution in [0.2, 0.25) is 0 Å². The molecule has 0 aliphatic heterocycles. The minimum absolute atomic E-state index is 0.712. The molecule has 0 fully saturated rings. The number of rotatable bonds is 9. The fourth-order valence-corrected chi connectivity index (χ4v) is 2.49. The number of ether oxygens (including phenoxy) is 2. The average molecular weight is 355 g/mol. The van der Waals surface area contributed by atoms with Crippen LogP contribution in [0.5, 0.6) is 11.5 Å². The maximum absolute atomic E-state index is 5.68. The minimum atomic E-state index is 0.712. The van der Waals surface area contributed by atoms with Crippen LogP contribution < -0.4 is 20.1 Å². The van der Waals surface area contributed by atoms with Crippen molar-refractivity contribution >= 4 is 5.96 Å². The number of guanidine groups is 1. The van der Waals surface area contributed by atoms with Gasteiger partial charge >= 0.3 is 0 Å². The molecule has 2 N–H and O–H groups in total. The van der Waals surface area contributed by atoms with Crippen molar-refractivity contribution in [2.45, 2.75) is 26.3 Å². The van der Waals surface area contributed by atoms with Crippen LogP contribution in [0.15, 0.2) is 53.5 Å². The molecular weight excluding hydrogens is 326 g/mol. The van der Waals surface area contributed by atoms with Crippen LogP contribution in [0, 0.1) is 0 Å². The third-order valence-corrected chi connectivity index (χ3v) is 3.92. The molecule has 5 nitrogen and oxygen atoms in total. The van der Waals surface area contributed by atoms with Gasteiger partial charge in [0.2, 0.25) is 0 Å². The predicted molar refractivity (Wildman–Crippen MR) is 107 cm³/mol. The molecule has 140 valence electrons. The Labute approximate surface area is 156 Å². The summed E-state index contributed by atoms with van der Waals surface area (Å²) in [4.78, 5) is 4.27. The molecule has 0 heterocycles. The van der Waals surface area contributed by atoms with E-state index in [4.69, 9.17) is 9.47 Å². The lowest BCUT2D eigenvalue weighted by molar-refractivity contribution is 0.317. The summed E-state index contributed by atoms with van der Waals surface area (Å²) in [5, 5.41) is 6.67. The lowest BCUT2D eigenvalue weighted by Crippen LogP contribution is -2.37. The van der Waals surface area contributed by atoms with E-state index in [2.05, 4.69) is 34.7 Å². The third-order valence-electron chi connectivity index (χ3n) is 3.92. The smallest absolute Gasteiger partial charge is 0.191 e. The summed E-state index contributed by atoms with van der Waals surface area (Å²) in [5.74, 6) is 2.59. The molecular formula is C21H29N3O2. The Balaban J connectivity index is 1.76. The van der Waals surface area contributed by atoms with Crippen molar-refractivity contribution in [3.8, 4) is 11.5 Å². The van der Waals surface area contributed by atoms with Gasteiger partial charge < -0.3 is 20.1 Å². The molecule has 0 saturated heterocycles. The van der Waals surface area contributed by atoms with Gasteiger partial charge in [-0.3, -0.25) is 4.99 Å². The lowest BCUT2D eigenvalue weighted by Gasteiger charge is -2.13. The fourth-order valence-electron chi connectivity index (χ4n) is 2.49. The molecule has 0 amide bonds. The maximum Gasteiger partial charge on any atom is 0.191 e. The maximum atomic E-state index is 5.68. The minimum Gasteiger partial charge on any atom is -0.497 e. The molecule has 0 aliphatic rings. The first-order chi connectivity index (χ1) is 12.7. The zero-order chi connectivity index (χ0) is 18.6. The molecule has 0 aromatic heterocycles. The highest BCUT2D eigenvalue weighted by Crippen LogP contribution is 2.14. The Morgan fingerprint density at radius 1 is 1.00 bits per heavy atom. The molecule has 2 aromatic carbocycles. The van der Waals surface area contributed by atoms with Crippen LogP contribution in [-0.2, 0) is 13.0 Å². The molecule has 0 radical (unpaired) electrons. The van der Waals surface area contributed by atoms with E-state index >= 15 is 0 Å². The van der Waals surface area contributed by atoms with E-state index in [9.17, 15) is 0 Å². The van der Waals surface area contributed by atoms with Crippen LogP contribution in [0.4, 0.5) is 0 Å². The van der Waals surface area contributed by atoms with Crippen molar-refractivity contribution in [1.82, 2.24) is 10.6 Å². The summed E-state index contributed by atoms with van der Waals surface area (Å²) < 4.78 is 10.9. The second-order valence-corrected chi connectivity index (χ2v) is 5.95. The SMILES string of the molecule is CCCOc1cccc(CCNC(=NC)NCc2ccc(OC)cc2)c1. The van der Waals surface area contributed by atoms with E-state index in [0.29, 0.717) is 6.54 Å². The molecule has 5 heteroatoms. The van der Waals surface area contributed by atoms with E-state index < -0.39 is 0 Å². The topological polar surface area (TPSA) is 54.9 Å². The zero-order valence-electron chi connectivity index (χ0n) is 15.9. The Bertz CT molecular complexity index is 684. The normalized spacial score (nSPS) is 11.1. The molecule has 0 atom stereocenters. The molecule has 26 heavy (non-hydrogen) atoms. The second kappa shape index (κ2) is 11.0. The van der Waals surface area contributed by atoms with Crippen LogP contribution in [0.25, 0.3) is 0 Å². The number of benzene rings is 2. The van der Waals surface area contributed by atoms with E-state index in [-0.39, 0.29) is 0 Å². The standard InChI is InChI=1S/C21H29N3O2/c1-4-14-26-20-7-5-6-17(15-20)12-13-23-21(22-2)24-16-18-8-10-19(25-3)11-9-18/h5-11,15H,4,12-14,16H2,1-3H3,(H2,22,23,24). The molecule has 0 bridgehead atoms. The number of methoxy groups -OCH3 is 1. The van der Waals surface area contributed by atoms with Crippen molar-refractivity contribution in [3.05, 3.63) is 59.7 Å². The number of nitrogens with zero attached hydrogens (tertiary/aromatic N) is 1. The largest absolute Gasteiger partial charge is 0.497 e. The fraction of sp³-hybridized carbons (Fsp3) is 0.381. The van der Waals surface area contributed by atoms with E-state index in [1.54, 1.807) is 14.2 Å². The van der Waals surface area contributed by atoms with Crippen LogP contribution in [0.1, 0.15) is 24.5 Å². The Hall–Kier alpha value is -2.69. The summed E-state index contributed by atoms with van der Waals surface area (Å²) in [5.41, 5.74) is 2.42. The van der Waals surface area contributed by atoms with Crippen molar-refractivity contribution in [3.63, 3.8) is 0 Å². The van der Waals surface area contributed by atoms with E-state index in [1.807, 2.05) is 36.4 Å². The quantitative estimate of drug-likeness (QED) is 0.535. The molecule has 0 saturated carbocycles. The first-order valence-corrected chi connectivity index (χ1v) is 9.04. The Morgan fingerprint density at radius 3 is 2.50 bits per heavy atom. The Kier molecular flexibility index (Phi) is 8.33. The lowest BCUT2D eigenvalue weighted by atomic mass is 10.1. The zero-order valence-corrected chi connectivity index (χ0v) is 15.9. The van der Waals surface area contributed by atoms with Crippen molar-refractivity contribution < 1.29 is 9.47 Å². The van der Waals surface area contributed by atoms with E-state index in [0.717, 1.165) is 43.5 Å². The molecule has 2 rings (SSSR count). The van der Waals surface area contributed by atoms with Gasteiger partial charge in [0, 0.05) is 20.1 Å². The van der Waals surface area contributed by atoms with Crippen molar-refractivity contribution in [2.75, 3.05) is 27.3 Å². The highest BCUT2D eigenvalue weighted by atomic mass is 16.5. The van der Waals surface area contributed by atoms with Gasteiger partial charge in [-0.1, -0.05) is 31.2 Å². The highest BCUT2D eigenvalue weighted by Gasteiger charge is 2.01. The van der Waals surface area contributed by atoms with Crippen LogP contribution >= 0.6 is 0 Å². The van der Waals surface area contributed by atoms with Gasteiger partial charge in [0.25, 0.3) is 0 Å². The summed E-state index contributed by atoms with van der Waals surface area (Å²) in [6.07, 6.45) is 1.93. The number of hydrogen-bond acceptors (Lipinski definition) is 3. The van der Waals surface area contributed by atoms with Gasteiger partial charge in [0.05, 0.1) is 13.7 Å². The highest BCUT2D eigenvalue weighted by molar-refractivity contribution is 5.79. The van der Waals surface area contributed by atoms with Crippen LogP contribution in [-0.4, -0.2) is 33.3 Å². The van der Waals surface area contributed by atoms with Crippen LogP contribution in [0.3, 0.4) is 0 Å². The van der Waals surface area contributed by atoms with Crippen molar-refractivity contribution in [2.24, 2.45) is 4.99 Å². The predicted octanol–water partition coefficient (Wildman–Crippen LogP) is 3.39. The second-order valence-electron chi connectivity index (χ2n) is 5.95. The first-order valence-electron chi connectivity index (χ1n) is 9.04. The van der Waals surface area contributed by atoms with Gasteiger partial charge in [0.15, 0.2) is 5.96 Å². The summed E-state index contributed by atoms with van der Waals surface area (Å²) in [6, 6.07) is 16.3. The summed E-state index contributed by atoms with van der Waals surface area (Å²) in [6.45, 7) is 4.38. The van der Waals surface area contributed by atoms with Crippen molar-refractivity contribution in [1.29, 1.82) is 0 Å². The van der Waals surface area contributed by atoms with Gasteiger partial charge in [-0.15, -0.1) is 0 Å². The monoisotopic (exact) mass is 355 g/mol. The summed E-state index contributed by atoms with van der Waals surface area (Å²) in [7, 11) is 3.45. The first kappa shape index (κ1) is 19.6. The molecule has 0 spiro atoms. The summed E-state index contributed by atoms with van der Waals surface area (Å²) >= 11 is 0. The average Bonchev–Trinajstić information content (AvgIpc) is 2.69. The number of hydrogen-bond donors (Lipinski definition) is 2. The van der Waals surface area contributed by atoms with Gasteiger partial charge in [0.1, 0.15) is 11.5 Å². The number of aliphatic imine (C=N–C) groups is 1. The Morgan fingerprint density at radius 2 is 1.81 bits per heavy atom. The van der Waals surface area contributed by atoms with Gasteiger partial charge in [-0.05, 0) is 48.2 Å². The van der Waals surface area contributed by atoms with E-state index in [1.165, 1.54) is 11.1 Å². The molecule has 2 aromatic rings. The van der Waals surface area contributed by atoms with Gasteiger partial charge in [-0.2, -0.15) is 0 Å². The third kappa shape index (κ3) is 6.67. The molecule has 0 unspecified atom stereocenters.